The van der Waals surface area contributed by atoms with Crippen molar-refractivity contribution in [3.05, 3.63) is 236 Å². The minimum Gasteiger partial charge on any atom is -0.458 e. The highest BCUT2D eigenvalue weighted by atomic mass is 16.5. The van der Waals surface area contributed by atoms with Crippen molar-refractivity contribution in [2.24, 2.45) is 0 Å². The van der Waals surface area contributed by atoms with Crippen LogP contribution in [0.25, 0.3) is 111 Å². The summed E-state index contributed by atoms with van der Waals surface area (Å²) in [4.78, 5) is 0. The van der Waals surface area contributed by atoms with Crippen LogP contribution in [-0.4, -0.2) is 6.71 Å². The number of fused-ring (bicyclic) bond motifs is 20. The van der Waals surface area contributed by atoms with Gasteiger partial charge in [-0.3, -0.25) is 0 Å². The summed E-state index contributed by atoms with van der Waals surface area (Å²) in [6.07, 6.45) is 0. The molecule has 2 aliphatic carbocycles. The van der Waals surface area contributed by atoms with Gasteiger partial charge in [0, 0.05) is 16.6 Å². The second-order valence-electron chi connectivity index (χ2n) is 18.9. The van der Waals surface area contributed by atoms with E-state index in [-0.39, 0.29) is 6.71 Å². The fourth-order valence-corrected chi connectivity index (χ4v) is 12.1. The second-order valence-corrected chi connectivity index (χ2v) is 18.9. The lowest BCUT2D eigenvalue weighted by Crippen LogP contribution is -2.57. The van der Waals surface area contributed by atoms with Crippen molar-refractivity contribution < 1.29 is 9.47 Å². The molecule has 2 heterocycles. The summed E-state index contributed by atoms with van der Waals surface area (Å²) < 4.78 is 14.2. The normalized spacial score (nSPS) is 12.4. The van der Waals surface area contributed by atoms with Crippen LogP contribution in [0.2, 0.25) is 0 Å². The van der Waals surface area contributed by atoms with Crippen LogP contribution in [-0.2, 0) is 0 Å². The Labute approximate surface area is 412 Å². The molecule has 0 radical (unpaired) electrons. The number of nitriles is 1. The summed E-state index contributed by atoms with van der Waals surface area (Å²) >= 11 is 0. The van der Waals surface area contributed by atoms with E-state index in [1.807, 2.05) is 12.1 Å². The van der Waals surface area contributed by atoms with Gasteiger partial charge in [0.2, 0.25) is 0 Å². The van der Waals surface area contributed by atoms with Crippen LogP contribution in [0.5, 0.6) is 23.0 Å². The lowest BCUT2D eigenvalue weighted by molar-refractivity contribution is 0.466. The van der Waals surface area contributed by atoms with Gasteiger partial charge >= 0.3 is 0 Å². The van der Waals surface area contributed by atoms with Crippen molar-refractivity contribution >= 4 is 23.1 Å². The predicted molar refractivity (Wildman–Crippen MR) is 290 cm³/mol. The number of hydrogen-bond acceptors (Lipinski definition) is 3. The molecule has 0 fully saturated rings. The zero-order chi connectivity index (χ0) is 46.7. The van der Waals surface area contributed by atoms with Crippen LogP contribution in [0.3, 0.4) is 0 Å². The van der Waals surface area contributed by atoms with E-state index in [4.69, 9.17) is 9.47 Å². The third kappa shape index (κ3) is 5.84. The highest BCUT2D eigenvalue weighted by molar-refractivity contribution is 6.98. The zero-order valence-corrected chi connectivity index (χ0v) is 38.3. The molecule has 71 heavy (non-hydrogen) atoms. The first-order valence-corrected chi connectivity index (χ1v) is 24.2. The maximum absolute atomic E-state index is 10.5. The Balaban J connectivity index is 0.912. The summed E-state index contributed by atoms with van der Waals surface area (Å²) in [5.74, 6) is 2.84. The molecule has 4 heteroatoms. The largest absolute Gasteiger partial charge is 0.458 e. The Morgan fingerprint density at radius 1 is 0.282 bits per heavy atom. The Morgan fingerprint density at radius 3 is 0.873 bits per heavy atom. The van der Waals surface area contributed by atoms with Gasteiger partial charge in [-0.2, -0.15) is 5.26 Å². The Hall–Kier alpha value is -9.43. The van der Waals surface area contributed by atoms with Gasteiger partial charge in [0.15, 0.2) is 0 Å². The van der Waals surface area contributed by atoms with Gasteiger partial charge in [-0.15, -0.1) is 0 Å². The highest BCUT2D eigenvalue weighted by Gasteiger charge is 2.42. The summed E-state index contributed by atoms with van der Waals surface area (Å²) in [6, 6.07) is 85.5. The van der Waals surface area contributed by atoms with Crippen LogP contribution < -0.4 is 25.9 Å². The van der Waals surface area contributed by atoms with Gasteiger partial charge in [-0.05, 0) is 135 Å². The number of para-hydroxylation sites is 2. The summed E-state index contributed by atoms with van der Waals surface area (Å²) in [5.41, 5.74) is 26.8. The van der Waals surface area contributed by atoms with Crippen LogP contribution in [0.4, 0.5) is 0 Å². The fourth-order valence-electron chi connectivity index (χ4n) is 12.1. The molecule has 0 atom stereocenters. The Bertz CT molecular complexity index is 3890. The summed E-state index contributed by atoms with van der Waals surface area (Å²) in [6.45, 7) is -0.220. The van der Waals surface area contributed by atoms with E-state index < -0.39 is 0 Å². The molecule has 2 aliphatic heterocycles. The maximum atomic E-state index is 10.5. The standard InChI is InChI=1S/C67H38BNO2/c69-39-40-35-63-65-64(36-40)71-67-44(42-32-34-58-54-24-8-6-20-50(54)46-16-2-4-18-48(46)52-22-10-12-26-56(52)60(58)38-42)28-14-30-62(67)68(65)61-29-13-27-43(66(61)70-63)41-31-33-57-53-23-7-5-19-49(53)45-15-1-3-17-47(45)51-21-9-11-25-55(51)59(57)37-41/h1-38H. The van der Waals surface area contributed by atoms with Crippen molar-refractivity contribution in [3.8, 4) is 140 Å². The predicted octanol–water partition coefficient (Wildman–Crippen LogP) is 15.6. The number of rotatable bonds is 2. The lowest BCUT2D eigenvalue weighted by atomic mass is 9.34. The van der Waals surface area contributed by atoms with Crippen LogP contribution in [0.1, 0.15) is 5.56 Å². The molecular weight excluding hydrogens is 862 g/mol. The minimum atomic E-state index is -0.220. The third-order valence-electron chi connectivity index (χ3n) is 15.2. The molecule has 0 unspecified atom stereocenters. The average Bonchev–Trinajstić information content (AvgIpc) is 3.44. The molecule has 3 nitrogen and oxygen atoms in total. The van der Waals surface area contributed by atoms with Crippen LogP contribution in [0.15, 0.2) is 231 Å². The Morgan fingerprint density at radius 2 is 0.563 bits per heavy atom. The van der Waals surface area contributed by atoms with Gasteiger partial charge in [-0.25, -0.2) is 0 Å². The average molecular weight is 900 g/mol. The molecule has 15 rings (SSSR count). The first-order chi connectivity index (χ1) is 35.2. The van der Waals surface area contributed by atoms with E-state index >= 15 is 0 Å². The minimum absolute atomic E-state index is 0.220. The van der Waals surface area contributed by atoms with Crippen molar-refractivity contribution in [1.82, 2.24) is 0 Å². The Kier molecular flexibility index (Phi) is 8.52. The van der Waals surface area contributed by atoms with E-state index in [0.717, 1.165) is 61.3 Å². The zero-order valence-electron chi connectivity index (χ0n) is 38.3. The van der Waals surface area contributed by atoms with Crippen molar-refractivity contribution in [1.29, 1.82) is 5.26 Å². The maximum Gasteiger partial charge on any atom is 0.260 e. The van der Waals surface area contributed by atoms with Gasteiger partial charge in [-0.1, -0.05) is 206 Å². The molecule has 0 saturated heterocycles. The van der Waals surface area contributed by atoms with Crippen molar-refractivity contribution in [3.63, 3.8) is 0 Å². The molecule has 0 aromatic heterocycles. The van der Waals surface area contributed by atoms with Crippen molar-refractivity contribution in [2.75, 3.05) is 0 Å². The molecule has 0 amide bonds. The van der Waals surface area contributed by atoms with E-state index in [9.17, 15) is 5.26 Å². The smallest absolute Gasteiger partial charge is 0.260 e. The SMILES string of the molecule is N#Cc1cc2c3c(c1)Oc1c(cccc1-c1ccc4c(c1)-c1ccccc1-c1ccccc1-c1ccccc1-4)B3c1cccc(-c3ccc4c(c3)-c3ccccc3-c3ccccc3-c3ccccc3-4)c1O2. The molecule has 11 aromatic carbocycles. The van der Waals surface area contributed by atoms with E-state index in [2.05, 4.69) is 224 Å². The van der Waals surface area contributed by atoms with Crippen molar-refractivity contribution in [2.45, 2.75) is 0 Å². The van der Waals surface area contributed by atoms with E-state index in [1.54, 1.807) is 0 Å². The number of benzene rings is 11. The van der Waals surface area contributed by atoms with Gasteiger partial charge in [0.25, 0.3) is 6.71 Å². The number of ether oxygens (including phenoxy) is 2. The number of nitrogens with zero attached hydrogens (tertiary/aromatic N) is 1. The molecule has 0 bridgehead atoms. The molecule has 0 spiro atoms. The molecule has 326 valence electrons. The molecular formula is C67H38BNO2. The monoisotopic (exact) mass is 899 g/mol. The third-order valence-corrected chi connectivity index (χ3v) is 15.2. The van der Waals surface area contributed by atoms with Gasteiger partial charge in [0.05, 0.1) is 11.6 Å². The highest BCUT2D eigenvalue weighted by Crippen LogP contribution is 2.52. The summed E-state index contributed by atoms with van der Waals surface area (Å²) in [5, 5.41) is 10.5. The lowest BCUT2D eigenvalue weighted by Gasteiger charge is -2.34. The van der Waals surface area contributed by atoms with Gasteiger partial charge < -0.3 is 9.47 Å². The number of hydrogen-bond donors (Lipinski definition) is 0. The molecule has 11 aromatic rings. The fraction of sp³-hybridized carbons (Fsp3) is 0. The molecule has 0 N–H and O–H groups in total. The van der Waals surface area contributed by atoms with Crippen LogP contribution in [0, 0.1) is 11.3 Å². The van der Waals surface area contributed by atoms with Crippen LogP contribution >= 0.6 is 0 Å². The summed E-state index contributed by atoms with van der Waals surface area (Å²) in [7, 11) is 0. The molecule has 0 saturated carbocycles. The topological polar surface area (TPSA) is 42.2 Å². The first kappa shape index (κ1) is 39.6. The van der Waals surface area contributed by atoms with E-state index in [0.29, 0.717) is 17.1 Å². The second kappa shape index (κ2) is 15.3. The van der Waals surface area contributed by atoms with E-state index in [1.165, 1.54) is 77.9 Å². The molecule has 4 aliphatic rings. The van der Waals surface area contributed by atoms with Gasteiger partial charge in [0.1, 0.15) is 23.0 Å². The first-order valence-electron chi connectivity index (χ1n) is 24.2. The quantitative estimate of drug-likeness (QED) is 0.162.